The molecule has 7 N–H and O–H groups in total. The summed E-state index contributed by atoms with van der Waals surface area (Å²) in [5.41, 5.74) is 6.50. The zero-order chi connectivity index (χ0) is 26.5. The summed E-state index contributed by atoms with van der Waals surface area (Å²) in [6.07, 6.45) is 4.22. The van der Waals surface area contributed by atoms with Crippen LogP contribution in [-0.4, -0.2) is 72.0 Å². The van der Waals surface area contributed by atoms with Gasteiger partial charge in [0.15, 0.2) is 0 Å². The molecule has 1 aromatic rings. The van der Waals surface area contributed by atoms with E-state index in [1.165, 1.54) is 17.1 Å². The fourth-order valence-corrected chi connectivity index (χ4v) is 3.76. The molecule has 2 atom stereocenters. The Labute approximate surface area is 211 Å². The molecule has 5 amide bonds. The maximum absolute atomic E-state index is 13.0. The normalized spacial score (nSPS) is 14.8. The highest BCUT2D eigenvalue weighted by Crippen LogP contribution is 2.12. The maximum atomic E-state index is 13.0. The van der Waals surface area contributed by atoms with Gasteiger partial charge in [0.2, 0.25) is 5.91 Å². The van der Waals surface area contributed by atoms with E-state index in [1.807, 2.05) is 0 Å². The van der Waals surface area contributed by atoms with Crippen LogP contribution >= 0.6 is 0 Å². The molecule has 1 aromatic carbocycles. The first-order valence-corrected chi connectivity index (χ1v) is 12.3. The number of nitrogens with one attached hydrogen (secondary N) is 4. The number of imide groups is 1. The molecule has 1 aliphatic heterocycles. The van der Waals surface area contributed by atoms with Gasteiger partial charge in [0.25, 0.3) is 11.8 Å². The second-order valence-corrected chi connectivity index (χ2v) is 9.06. The Morgan fingerprint density at radius 3 is 2.25 bits per heavy atom. The van der Waals surface area contributed by atoms with Gasteiger partial charge >= 0.3 is 6.03 Å². The number of aliphatic hydroxyl groups excluding tert-OH is 1. The Hall–Kier alpha value is -3.28. The van der Waals surface area contributed by atoms with E-state index in [0.29, 0.717) is 51.1 Å². The average molecular weight is 503 g/mol. The fraction of sp³-hybridized carbons (Fsp3) is 0.520. The number of nitrogens with zero attached hydrogens (tertiary/aromatic N) is 1. The number of carbonyl (C=O) groups is 4. The van der Waals surface area contributed by atoms with Gasteiger partial charge in [-0.15, -0.1) is 0 Å². The van der Waals surface area contributed by atoms with Crippen LogP contribution < -0.4 is 27.0 Å². The van der Waals surface area contributed by atoms with E-state index in [1.54, 1.807) is 24.3 Å². The lowest BCUT2D eigenvalue weighted by molar-refractivity contribution is -0.136. The predicted octanol–water partition coefficient (Wildman–Crippen LogP) is 0.453. The second kappa shape index (κ2) is 15.0. The smallest absolute Gasteiger partial charge is 0.312 e. The highest BCUT2D eigenvalue weighted by Gasteiger charge is 2.23. The van der Waals surface area contributed by atoms with Crippen molar-refractivity contribution in [2.24, 2.45) is 11.7 Å². The minimum Gasteiger partial charge on any atom is -0.392 e. The van der Waals surface area contributed by atoms with Crippen molar-refractivity contribution in [2.75, 3.05) is 31.5 Å². The Kier molecular flexibility index (Phi) is 12.0. The minimum atomic E-state index is -0.606. The van der Waals surface area contributed by atoms with Gasteiger partial charge in [0.05, 0.1) is 12.6 Å². The van der Waals surface area contributed by atoms with E-state index in [9.17, 15) is 24.3 Å². The van der Waals surface area contributed by atoms with Crippen LogP contribution in [0.5, 0.6) is 0 Å². The number of rotatable bonds is 16. The SMILES string of the molecule is CC(C)[C@@H](CN[C@@H](CCCNC(N)=O)C(=O)Nc1ccc(CO)cc1)NCCCN1C(=O)C=CC1=O. The van der Waals surface area contributed by atoms with Crippen LogP contribution in [0.3, 0.4) is 0 Å². The third kappa shape index (κ3) is 9.76. The molecule has 2 rings (SSSR count). The van der Waals surface area contributed by atoms with Gasteiger partial charge < -0.3 is 32.1 Å². The number of hydrogen-bond acceptors (Lipinski definition) is 7. The molecule has 0 aliphatic carbocycles. The maximum Gasteiger partial charge on any atom is 0.312 e. The first kappa shape index (κ1) is 29.0. The molecule has 0 fully saturated rings. The van der Waals surface area contributed by atoms with Crippen LogP contribution in [0.2, 0.25) is 0 Å². The Morgan fingerprint density at radius 2 is 1.67 bits per heavy atom. The second-order valence-electron chi connectivity index (χ2n) is 9.06. The Bertz CT molecular complexity index is 900. The summed E-state index contributed by atoms with van der Waals surface area (Å²) in [7, 11) is 0. The largest absolute Gasteiger partial charge is 0.392 e. The van der Waals surface area contributed by atoms with E-state index in [4.69, 9.17) is 5.73 Å². The highest BCUT2D eigenvalue weighted by molar-refractivity contribution is 6.12. The summed E-state index contributed by atoms with van der Waals surface area (Å²) in [6, 6.07) is 5.89. The Balaban J connectivity index is 1.89. The quantitative estimate of drug-likeness (QED) is 0.141. The summed E-state index contributed by atoms with van der Waals surface area (Å²) >= 11 is 0. The highest BCUT2D eigenvalue weighted by atomic mass is 16.3. The van der Waals surface area contributed by atoms with Crippen LogP contribution in [0.1, 0.15) is 38.7 Å². The van der Waals surface area contributed by atoms with Crippen molar-refractivity contribution in [2.45, 2.75) is 51.8 Å². The number of carbonyl (C=O) groups excluding carboxylic acids is 4. The molecule has 11 nitrogen and oxygen atoms in total. The zero-order valence-corrected chi connectivity index (χ0v) is 21.0. The molecule has 198 valence electrons. The van der Waals surface area contributed by atoms with E-state index in [-0.39, 0.29) is 36.3 Å². The molecular weight excluding hydrogens is 464 g/mol. The lowest BCUT2D eigenvalue weighted by Crippen LogP contribution is -2.49. The van der Waals surface area contributed by atoms with E-state index < -0.39 is 12.1 Å². The van der Waals surface area contributed by atoms with Crippen molar-refractivity contribution in [3.63, 3.8) is 0 Å². The van der Waals surface area contributed by atoms with Gasteiger partial charge in [-0.2, -0.15) is 0 Å². The molecule has 0 unspecified atom stereocenters. The van der Waals surface area contributed by atoms with Gasteiger partial charge in [-0.1, -0.05) is 26.0 Å². The van der Waals surface area contributed by atoms with Crippen molar-refractivity contribution in [3.8, 4) is 0 Å². The van der Waals surface area contributed by atoms with Crippen molar-refractivity contribution in [1.82, 2.24) is 20.9 Å². The molecule has 1 aliphatic rings. The summed E-state index contributed by atoms with van der Waals surface area (Å²) in [5, 5.41) is 21.4. The number of aliphatic hydroxyl groups is 1. The lowest BCUT2D eigenvalue weighted by atomic mass is 10.0. The number of amides is 5. The van der Waals surface area contributed by atoms with Crippen LogP contribution in [0.25, 0.3) is 0 Å². The molecule has 0 radical (unpaired) electrons. The molecule has 0 spiro atoms. The monoisotopic (exact) mass is 502 g/mol. The molecule has 1 heterocycles. The topological polar surface area (TPSA) is 166 Å². The lowest BCUT2D eigenvalue weighted by Gasteiger charge is -2.26. The third-order valence-electron chi connectivity index (χ3n) is 5.94. The molecule has 0 bridgehead atoms. The van der Waals surface area contributed by atoms with Crippen molar-refractivity contribution < 1.29 is 24.3 Å². The van der Waals surface area contributed by atoms with Crippen LogP contribution in [0.4, 0.5) is 10.5 Å². The summed E-state index contributed by atoms with van der Waals surface area (Å²) in [5.74, 6) is -0.507. The predicted molar refractivity (Wildman–Crippen MR) is 137 cm³/mol. The number of anilines is 1. The fourth-order valence-electron chi connectivity index (χ4n) is 3.76. The first-order valence-electron chi connectivity index (χ1n) is 12.3. The minimum absolute atomic E-state index is 0.0518. The van der Waals surface area contributed by atoms with E-state index >= 15 is 0 Å². The van der Waals surface area contributed by atoms with E-state index in [0.717, 1.165) is 5.56 Å². The van der Waals surface area contributed by atoms with Crippen LogP contribution in [-0.2, 0) is 21.0 Å². The Morgan fingerprint density at radius 1 is 1.00 bits per heavy atom. The van der Waals surface area contributed by atoms with Crippen LogP contribution in [0, 0.1) is 5.92 Å². The number of nitrogens with two attached hydrogens (primary N) is 1. The van der Waals surface area contributed by atoms with Gasteiger partial charge in [-0.25, -0.2) is 4.79 Å². The van der Waals surface area contributed by atoms with Gasteiger partial charge in [0.1, 0.15) is 0 Å². The zero-order valence-electron chi connectivity index (χ0n) is 21.0. The molecule has 11 heteroatoms. The van der Waals surface area contributed by atoms with E-state index in [2.05, 4.69) is 35.1 Å². The van der Waals surface area contributed by atoms with Crippen LogP contribution in [0.15, 0.2) is 36.4 Å². The molecule has 0 saturated carbocycles. The molecule has 36 heavy (non-hydrogen) atoms. The number of hydrogen-bond donors (Lipinski definition) is 6. The summed E-state index contributed by atoms with van der Waals surface area (Å²) in [6.45, 7) is 5.92. The van der Waals surface area contributed by atoms with Gasteiger partial charge in [-0.3, -0.25) is 19.3 Å². The number of urea groups is 1. The third-order valence-corrected chi connectivity index (χ3v) is 5.94. The summed E-state index contributed by atoms with van der Waals surface area (Å²) < 4.78 is 0. The standard InChI is InChI=1S/C25H38N6O5/c1-17(2)21(27-13-4-14-31-22(33)10-11-23(31)34)15-29-20(5-3-12-28-25(26)36)24(35)30-19-8-6-18(16-32)7-9-19/h6-11,17,20-21,27,29,32H,3-5,12-16H2,1-2H3,(H,30,35)(H3,26,28,36)/t20-,21+/m0/s1. The molecule has 0 saturated heterocycles. The van der Waals surface area contributed by atoms with Crippen molar-refractivity contribution in [1.29, 1.82) is 0 Å². The van der Waals surface area contributed by atoms with Crippen molar-refractivity contribution in [3.05, 3.63) is 42.0 Å². The first-order chi connectivity index (χ1) is 17.2. The van der Waals surface area contributed by atoms with Gasteiger partial charge in [0, 0.05) is 43.5 Å². The van der Waals surface area contributed by atoms with Gasteiger partial charge in [-0.05, 0) is 49.4 Å². The number of benzene rings is 1. The number of primary amides is 1. The van der Waals surface area contributed by atoms with Crippen molar-refractivity contribution >= 4 is 29.4 Å². The molecular formula is C25H38N6O5. The molecule has 0 aromatic heterocycles. The summed E-state index contributed by atoms with van der Waals surface area (Å²) in [4.78, 5) is 48.5. The average Bonchev–Trinajstić information content (AvgIpc) is 3.16.